The minimum absolute atomic E-state index is 0.219. The molecule has 2 N–H and O–H groups in total. The van der Waals surface area contributed by atoms with E-state index in [1.54, 1.807) is 24.3 Å². The molecule has 0 saturated heterocycles. The van der Waals surface area contributed by atoms with E-state index in [9.17, 15) is 13.2 Å². The van der Waals surface area contributed by atoms with Crippen molar-refractivity contribution in [2.45, 2.75) is 43.5 Å². The van der Waals surface area contributed by atoms with Crippen molar-refractivity contribution < 1.29 is 23.1 Å². The molecule has 0 aliphatic heterocycles. The number of hydrogen-bond donors (Lipinski definition) is 2. The number of fused-ring (bicyclic) bond motifs is 1. The van der Waals surface area contributed by atoms with Gasteiger partial charge < -0.3 is 9.84 Å². The van der Waals surface area contributed by atoms with Gasteiger partial charge in [0.1, 0.15) is 5.75 Å². The molecular weight excluding hydrogens is 354 g/mol. The number of carboxylic acids is 1. The SMILES string of the molecule is CCOc1ccc(S(=O)(=O)NC2CCC(C(=O)O)CC2)c2ccccc12. The summed E-state index contributed by atoms with van der Waals surface area (Å²) in [5.41, 5.74) is 0. The van der Waals surface area contributed by atoms with Crippen LogP contribution in [0.25, 0.3) is 10.8 Å². The van der Waals surface area contributed by atoms with Crippen molar-refractivity contribution in [3.63, 3.8) is 0 Å². The molecule has 6 nitrogen and oxygen atoms in total. The second-order valence-electron chi connectivity index (χ2n) is 6.55. The first-order chi connectivity index (χ1) is 12.4. The van der Waals surface area contributed by atoms with E-state index in [1.165, 1.54) is 0 Å². The van der Waals surface area contributed by atoms with Crippen LogP contribution in [0.2, 0.25) is 0 Å². The molecular formula is C19H23NO5S. The number of nitrogens with one attached hydrogen (secondary N) is 1. The summed E-state index contributed by atoms with van der Waals surface area (Å²) in [7, 11) is -3.71. The molecule has 0 heterocycles. The van der Waals surface area contributed by atoms with Gasteiger partial charge in [-0.3, -0.25) is 4.79 Å². The van der Waals surface area contributed by atoms with Crippen LogP contribution in [0.4, 0.5) is 0 Å². The fraction of sp³-hybridized carbons (Fsp3) is 0.421. The smallest absolute Gasteiger partial charge is 0.306 e. The van der Waals surface area contributed by atoms with Crippen molar-refractivity contribution in [1.82, 2.24) is 4.72 Å². The predicted molar refractivity (Wildman–Crippen MR) is 98.8 cm³/mol. The van der Waals surface area contributed by atoms with E-state index in [0.717, 1.165) is 5.39 Å². The number of hydrogen-bond acceptors (Lipinski definition) is 4. The first kappa shape index (κ1) is 18.7. The van der Waals surface area contributed by atoms with Crippen LogP contribution in [-0.4, -0.2) is 32.1 Å². The van der Waals surface area contributed by atoms with Gasteiger partial charge in [-0.25, -0.2) is 13.1 Å². The number of ether oxygens (including phenoxy) is 1. The third-order valence-electron chi connectivity index (χ3n) is 4.83. The van der Waals surface area contributed by atoms with Crippen LogP contribution in [-0.2, 0) is 14.8 Å². The monoisotopic (exact) mass is 377 g/mol. The molecule has 0 aromatic heterocycles. The highest BCUT2D eigenvalue weighted by Gasteiger charge is 2.29. The summed E-state index contributed by atoms with van der Waals surface area (Å²) in [6.07, 6.45) is 2.05. The molecule has 140 valence electrons. The summed E-state index contributed by atoms with van der Waals surface area (Å²) < 4.78 is 34.2. The van der Waals surface area contributed by atoms with Gasteiger partial charge in [0.25, 0.3) is 0 Å². The lowest BCUT2D eigenvalue weighted by molar-refractivity contribution is -0.142. The summed E-state index contributed by atoms with van der Waals surface area (Å²) >= 11 is 0. The molecule has 2 aromatic rings. The van der Waals surface area contributed by atoms with E-state index in [4.69, 9.17) is 9.84 Å². The molecule has 7 heteroatoms. The van der Waals surface area contributed by atoms with E-state index in [1.807, 2.05) is 19.1 Å². The van der Waals surface area contributed by atoms with Crippen LogP contribution >= 0.6 is 0 Å². The Morgan fingerprint density at radius 1 is 1.12 bits per heavy atom. The largest absolute Gasteiger partial charge is 0.493 e. The Bertz CT molecular complexity index is 901. The van der Waals surface area contributed by atoms with Gasteiger partial charge >= 0.3 is 5.97 Å². The normalized spacial score (nSPS) is 20.8. The highest BCUT2D eigenvalue weighted by molar-refractivity contribution is 7.89. The molecule has 26 heavy (non-hydrogen) atoms. The molecule has 0 unspecified atom stereocenters. The fourth-order valence-electron chi connectivity index (χ4n) is 3.50. The molecule has 3 rings (SSSR count). The maximum Gasteiger partial charge on any atom is 0.306 e. The standard InChI is InChI=1S/C19H23NO5S/c1-2-25-17-11-12-18(16-6-4-3-5-15(16)17)26(23,24)20-14-9-7-13(8-10-14)19(21)22/h3-6,11-14,20H,2,7-10H2,1H3,(H,21,22). The van der Waals surface area contributed by atoms with Crippen molar-refractivity contribution in [3.05, 3.63) is 36.4 Å². The molecule has 1 aliphatic rings. The van der Waals surface area contributed by atoms with Crippen molar-refractivity contribution in [3.8, 4) is 5.75 Å². The minimum Gasteiger partial charge on any atom is -0.493 e. The zero-order valence-electron chi connectivity index (χ0n) is 14.6. The topological polar surface area (TPSA) is 92.7 Å². The number of rotatable bonds is 6. The van der Waals surface area contributed by atoms with Gasteiger partial charge in [0.2, 0.25) is 10.0 Å². The Hall–Kier alpha value is -2.12. The Morgan fingerprint density at radius 3 is 2.38 bits per heavy atom. The second-order valence-corrected chi connectivity index (χ2v) is 8.23. The summed E-state index contributed by atoms with van der Waals surface area (Å²) in [6.45, 7) is 2.38. The third kappa shape index (κ3) is 3.83. The lowest BCUT2D eigenvalue weighted by Crippen LogP contribution is -2.38. The zero-order chi connectivity index (χ0) is 18.7. The van der Waals surface area contributed by atoms with E-state index >= 15 is 0 Å². The maximum absolute atomic E-state index is 12.9. The molecule has 0 radical (unpaired) electrons. The van der Waals surface area contributed by atoms with Gasteiger partial charge in [-0.2, -0.15) is 0 Å². The Kier molecular flexibility index (Phi) is 5.48. The summed E-state index contributed by atoms with van der Waals surface area (Å²) in [5.74, 6) is -0.519. The summed E-state index contributed by atoms with van der Waals surface area (Å²) in [5, 5.41) is 10.4. The molecule has 0 amide bonds. The number of carboxylic acid groups (broad SMARTS) is 1. The lowest BCUT2D eigenvalue weighted by Gasteiger charge is -2.26. The van der Waals surface area contributed by atoms with Crippen molar-refractivity contribution in [2.24, 2.45) is 5.92 Å². The molecule has 0 spiro atoms. The first-order valence-electron chi connectivity index (χ1n) is 8.82. The highest BCUT2D eigenvalue weighted by Crippen LogP contribution is 2.32. The van der Waals surface area contributed by atoms with Crippen LogP contribution < -0.4 is 9.46 Å². The first-order valence-corrected chi connectivity index (χ1v) is 10.3. The van der Waals surface area contributed by atoms with Crippen LogP contribution in [0.5, 0.6) is 5.75 Å². The van der Waals surface area contributed by atoms with E-state index < -0.39 is 16.0 Å². The number of aliphatic carboxylic acids is 1. The molecule has 1 aliphatic carbocycles. The average Bonchev–Trinajstić information content (AvgIpc) is 2.62. The van der Waals surface area contributed by atoms with Gasteiger partial charge in [-0.15, -0.1) is 0 Å². The number of sulfonamides is 1. The van der Waals surface area contributed by atoms with E-state index in [-0.39, 0.29) is 16.9 Å². The number of carbonyl (C=O) groups is 1. The minimum atomic E-state index is -3.71. The van der Waals surface area contributed by atoms with Crippen LogP contribution in [0.15, 0.2) is 41.3 Å². The Balaban J connectivity index is 1.86. The third-order valence-corrected chi connectivity index (χ3v) is 6.41. The molecule has 1 saturated carbocycles. The average molecular weight is 377 g/mol. The maximum atomic E-state index is 12.9. The van der Waals surface area contributed by atoms with Crippen LogP contribution in [0.3, 0.4) is 0 Å². The van der Waals surface area contributed by atoms with Crippen molar-refractivity contribution >= 4 is 26.8 Å². The van der Waals surface area contributed by atoms with Crippen LogP contribution in [0, 0.1) is 5.92 Å². The van der Waals surface area contributed by atoms with Gasteiger partial charge in [-0.1, -0.05) is 24.3 Å². The van der Waals surface area contributed by atoms with Crippen molar-refractivity contribution in [2.75, 3.05) is 6.61 Å². The fourth-order valence-corrected chi connectivity index (χ4v) is 5.02. The predicted octanol–water partition coefficient (Wildman–Crippen LogP) is 3.16. The summed E-state index contributed by atoms with van der Waals surface area (Å²) in [4.78, 5) is 11.3. The Morgan fingerprint density at radius 2 is 1.77 bits per heavy atom. The Labute approximate surface area is 153 Å². The van der Waals surface area contributed by atoms with Gasteiger partial charge in [-0.05, 0) is 44.7 Å². The van der Waals surface area contributed by atoms with E-state index in [2.05, 4.69) is 4.72 Å². The van der Waals surface area contributed by atoms with Crippen LogP contribution in [0.1, 0.15) is 32.6 Å². The molecule has 0 atom stereocenters. The van der Waals surface area contributed by atoms with Gasteiger partial charge in [0.05, 0.1) is 17.4 Å². The summed E-state index contributed by atoms with van der Waals surface area (Å²) in [6, 6.07) is 10.3. The lowest BCUT2D eigenvalue weighted by atomic mass is 9.87. The molecule has 2 aromatic carbocycles. The second kappa shape index (κ2) is 7.63. The zero-order valence-corrected chi connectivity index (χ0v) is 15.5. The molecule has 0 bridgehead atoms. The number of benzene rings is 2. The van der Waals surface area contributed by atoms with Gasteiger partial charge in [0, 0.05) is 16.8 Å². The van der Waals surface area contributed by atoms with Gasteiger partial charge in [0.15, 0.2) is 0 Å². The molecule has 1 fully saturated rings. The van der Waals surface area contributed by atoms with Crippen molar-refractivity contribution in [1.29, 1.82) is 0 Å². The highest BCUT2D eigenvalue weighted by atomic mass is 32.2. The quantitative estimate of drug-likeness (QED) is 0.807. The van der Waals surface area contributed by atoms with E-state index in [0.29, 0.717) is 43.4 Å².